The molecule has 1 saturated heterocycles. The lowest BCUT2D eigenvalue weighted by Crippen LogP contribution is -2.39. The zero-order valence-electron chi connectivity index (χ0n) is 18.3. The summed E-state index contributed by atoms with van der Waals surface area (Å²) in [5.41, 5.74) is 1.12. The van der Waals surface area contributed by atoms with Gasteiger partial charge in [-0.1, -0.05) is 6.92 Å². The van der Waals surface area contributed by atoms with Gasteiger partial charge in [0.15, 0.2) is 5.96 Å². The lowest BCUT2D eigenvalue weighted by Gasteiger charge is -2.31. The van der Waals surface area contributed by atoms with Crippen molar-refractivity contribution in [1.29, 1.82) is 0 Å². The number of piperidine rings is 1. The largest absolute Gasteiger partial charge is 0.497 e. The first kappa shape index (κ1) is 22.3. The summed E-state index contributed by atoms with van der Waals surface area (Å²) in [5.74, 6) is 3.28. The number of nitrogens with zero attached hydrogens (tertiary/aromatic N) is 3. The highest BCUT2D eigenvalue weighted by Gasteiger charge is 2.19. The Hall–Kier alpha value is -1.95. The van der Waals surface area contributed by atoms with Crippen molar-refractivity contribution in [3.05, 3.63) is 23.8 Å². The van der Waals surface area contributed by atoms with Crippen LogP contribution in [0.4, 0.5) is 0 Å². The van der Waals surface area contributed by atoms with Gasteiger partial charge in [0.1, 0.15) is 11.5 Å². The van der Waals surface area contributed by atoms with Crippen LogP contribution in [0, 0.1) is 5.92 Å². The Balaban J connectivity index is 1.98. The van der Waals surface area contributed by atoms with E-state index < -0.39 is 0 Å². The van der Waals surface area contributed by atoms with E-state index in [4.69, 9.17) is 14.5 Å². The summed E-state index contributed by atoms with van der Waals surface area (Å²) >= 11 is 0. The first-order valence-electron chi connectivity index (χ1n) is 10.5. The molecule has 6 heteroatoms. The number of rotatable bonds is 9. The SMILES string of the molecule is CCCN1CCC(CN=C(NCC)N(C)Cc2ccc(OC)cc2OC)CC1. The monoisotopic (exact) mass is 390 g/mol. The molecule has 0 radical (unpaired) electrons. The molecular formula is C22H38N4O2. The van der Waals surface area contributed by atoms with Gasteiger partial charge in [0.05, 0.1) is 14.2 Å². The summed E-state index contributed by atoms with van der Waals surface area (Å²) < 4.78 is 10.8. The van der Waals surface area contributed by atoms with Crippen LogP contribution >= 0.6 is 0 Å². The molecule has 0 saturated carbocycles. The topological polar surface area (TPSA) is 49.3 Å². The molecule has 6 nitrogen and oxygen atoms in total. The molecule has 0 unspecified atom stereocenters. The third kappa shape index (κ3) is 6.59. The van der Waals surface area contributed by atoms with Crippen LogP contribution < -0.4 is 14.8 Å². The molecule has 1 aliphatic rings. The Bertz CT molecular complexity index is 613. The first-order chi connectivity index (χ1) is 13.6. The Morgan fingerprint density at radius 2 is 1.96 bits per heavy atom. The van der Waals surface area contributed by atoms with Gasteiger partial charge in [-0.05, 0) is 63.9 Å². The number of guanidine groups is 1. The fraction of sp³-hybridized carbons (Fsp3) is 0.682. The minimum Gasteiger partial charge on any atom is -0.497 e. The maximum atomic E-state index is 5.54. The van der Waals surface area contributed by atoms with E-state index in [9.17, 15) is 0 Å². The highest BCUT2D eigenvalue weighted by molar-refractivity contribution is 5.79. The smallest absolute Gasteiger partial charge is 0.193 e. The number of likely N-dealkylation sites (tertiary alicyclic amines) is 1. The molecule has 1 N–H and O–H groups in total. The summed E-state index contributed by atoms with van der Waals surface area (Å²) in [5, 5.41) is 3.43. The number of nitrogens with one attached hydrogen (secondary N) is 1. The minimum atomic E-state index is 0.686. The van der Waals surface area contributed by atoms with Crippen LogP contribution in [-0.2, 0) is 6.54 Å². The molecule has 1 aromatic rings. The molecule has 0 spiro atoms. The van der Waals surface area contributed by atoms with E-state index in [1.54, 1.807) is 14.2 Å². The van der Waals surface area contributed by atoms with Crippen molar-refractivity contribution in [2.75, 3.05) is 54.0 Å². The quantitative estimate of drug-likeness (QED) is 0.518. The molecule has 1 aromatic carbocycles. The predicted octanol–water partition coefficient (Wildman–Crippen LogP) is 3.22. The van der Waals surface area contributed by atoms with E-state index in [1.165, 1.54) is 38.9 Å². The Kier molecular flexibility index (Phi) is 9.41. The Morgan fingerprint density at radius 1 is 1.21 bits per heavy atom. The maximum absolute atomic E-state index is 5.54. The van der Waals surface area contributed by atoms with Crippen molar-refractivity contribution in [3.8, 4) is 11.5 Å². The molecule has 2 rings (SSSR count). The molecule has 1 fully saturated rings. The van der Waals surface area contributed by atoms with Gasteiger partial charge in [-0.3, -0.25) is 4.99 Å². The van der Waals surface area contributed by atoms with E-state index in [-0.39, 0.29) is 0 Å². The Morgan fingerprint density at radius 3 is 2.57 bits per heavy atom. The second-order valence-electron chi connectivity index (χ2n) is 7.51. The average Bonchev–Trinajstić information content (AvgIpc) is 2.72. The van der Waals surface area contributed by atoms with Gasteiger partial charge in [-0.2, -0.15) is 0 Å². The number of hydrogen-bond donors (Lipinski definition) is 1. The number of benzene rings is 1. The minimum absolute atomic E-state index is 0.686. The van der Waals surface area contributed by atoms with Crippen molar-refractivity contribution >= 4 is 5.96 Å². The fourth-order valence-corrected chi connectivity index (χ4v) is 3.71. The van der Waals surface area contributed by atoms with Gasteiger partial charge < -0.3 is 24.6 Å². The van der Waals surface area contributed by atoms with E-state index in [0.717, 1.165) is 42.7 Å². The second kappa shape index (κ2) is 11.8. The van der Waals surface area contributed by atoms with Crippen LogP contribution in [0.25, 0.3) is 0 Å². The van der Waals surface area contributed by atoms with E-state index in [2.05, 4.69) is 42.1 Å². The van der Waals surface area contributed by atoms with Crippen molar-refractivity contribution in [2.24, 2.45) is 10.9 Å². The van der Waals surface area contributed by atoms with Crippen molar-refractivity contribution in [3.63, 3.8) is 0 Å². The number of hydrogen-bond acceptors (Lipinski definition) is 4. The molecular weight excluding hydrogens is 352 g/mol. The highest BCUT2D eigenvalue weighted by Crippen LogP contribution is 2.25. The van der Waals surface area contributed by atoms with Crippen LogP contribution in [0.3, 0.4) is 0 Å². The standard InChI is InChI=1S/C22H38N4O2/c1-6-12-26-13-10-18(11-14-26)16-24-22(23-7-2)25(3)17-19-8-9-20(27-4)15-21(19)28-5/h8-9,15,18H,6-7,10-14,16-17H2,1-5H3,(H,23,24). The van der Waals surface area contributed by atoms with Crippen molar-refractivity contribution < 1.29 is 9.47 Å². The summed E-state index contributed by atoms with van der Waals surface area (Å²) in [4.78, 5) is 9.68. The van der Waals surface area contributed by atoms with Crippen LogP contribution in [-0.4, -0.2) is 69.8 Å². The molecule has 28 heavy (non-hydrogen) atoms. The van der Waals surface area contributed by atoms with E-state index >= 15 is 0 Å². The van der Waals surface area contributed by atoms with Crippen LogP contribution in [0.15, 0.2) is 23.2 Å². The lowest BCUT2D eigenvalue weighted by molar-refractivity contribution is 0.188. The normalized spacial score (nSPS) is 16.1. The van der Waals surface area contributed by atoms with Gasteiger partial charge in [0.2, 0.25) is 0 Å². The second-order valence-corrected chi connectivity index (χ2v) is 7.51. The molecule has 1 heterocycles. The van der Waals surface area contributed by atoms with Gasteiger partial charge in [0, 0.05) is 38.3 Å². The molecule has 0 amide bonds. The molecule has 0 aliphatic carbocycles. The van der Waals surface area contributed by atoms with Gasteiger partial charge in [-0.15, -0.1) is 0 Å². The highest BCUT2D eigenvalue weighted by atomic mass is 16.5. The number of methoxy groups -OCH3 is 2. The lowest BCUT2D eigenvalue weighted by atomic mass is 9.97. The Labute approximate surface area is 170 Å². The van der Waals surface area contributed by atoms with E-state index in [0.29, 0.717) is 5.92 Å². The third-order valence-electron chi connectivity index (χ3n) is 5.34. The molecule has 1 aliphatic heterocycles. The van der Waals surface area contributed by atoms with Crippen LogP contribution in [0.5, 0.6) is 11.5 Å². The summed E-state index contributed by atoms with van der Waals surface area (Å²) in [7, 11) is 5.45. The molecule has 158 valence electrons. The first-order valence-corrected chi connectivity index (χ1v) is 10.5. The van der Waals surface area contributed by atoms with Gasteiger partial charge >= 0.3 is 0 Å². The van der Waals surface area contributed by atoms with Gasteiger partial charge in [-0.25, -0.2) is 0 Å². The van der Waals surface area contributed by atoms with Crippen molar-refractivity contribution in [1.82, 2.24) is 15.1 Å². The average molecular weight is 391 g/mol. The fourth-order valence-electron chi connectivity index (χ4n) is 3.71. The zero-order chi connectivity index (χ0) is 20.4. The van der Waals surface area contributed by atoms with Crippen molar-refractivity contribution in [2.45, 2.75) is 39.7 Å². The van der Waals surface area contributed by atoms with E-state index in [1.807, 2.05) is 12.1 Å². The zero-order valence-corrected chi connectivity index (χ0v) is 18.3. The summed E-state index contributed by atoms with van der Waals surface area (Å²) in [6, 6.07) is 5.96. The summed E-state index contributed by atoms with van der Waals surface area (Å²) in [6.45, 7) is 10.5. The molecule has 0 atom stereocenters. The number of aliphatic imine (C=N–C) groups is 1. The van der Waals surface area contributed by atoms with Crippen LogP contribution in [0.1, 0.15) is 38.7 Å². The molecule has 0 aromatic heterocycles. The molecule has 0 bridgehead atoms. The van der Waals surface area contributed by atoms with Crippen LogP contribution in [0.2, 0.25) is 0 Å². The van der Waals surface area contributed by atoms with Gasteiger partial charge in [0.25, 0.3) is 0 Å². The third-order valence-corrected chi connectivity index (χ3v) is 5.34. The number of ether oxygens (including phenoxy) is 2. The summed E-state index contributed by atoms with van der Waals surface area (Å²) in [6.07, 6.45) is 3.74. The maximum Gasteiger partial charge on any atom is 0.193 e. The predicted molar refractivity (Wildman–Crippen MR) is 116 cm³/mol.